The average molecular weight is 366 g/mol. The summed E-state index contributed by atoms with van der Waals surface area (Å²) in [6.07, 6.45) is 1.43. The van der Waals surface area contributed by atoms with Crippen molar-refractivity contribution in [1.29, 1.82) is 0 Å². The number of aromatic nitrogens is 2. The number of para-hydroxylation sites is 1. The molecule has 1 aromatic heterocycles. The number of amides is 1. The Kier molecular flexibility index (Phi) is 5.81. The second kappa shape index (κ2) is 7.67. The normalized spacial score (nSPS) is 13.3. The molecule has 25 heavy (non-hydrogen) atoms. The van der Waals surface area contributed by atoms with E-state index in [1.165, 1.54) is 11.8 Å². The number of methoxy groups -OCH3 is 1. The Hall–Kier alpha value is -2.38. The summed E-state index contributed by atoms with van der Waals surface area (Å²) >= 11 is 6.16. The fraction of sp³-hybridized carbons (Fsp3) is 0.353. The molecule has 1 heterocycles. The average Bonchev–Trinajstić information content (AvgIpc) is 2.88. The number of aryl methyl sites for hydroxylation is 1. The molecule has 7 nitrogen and oxygen atoms in total. The standard InChI is InChI=1S/C17H20ClN3O4/c1-11-9-21(13-7-5-4-6-12(13)18)20-15(11)16(24)19-17(2,10-25-3)8-14(22)23/h4-7,9H,8,10H2,1-3H3,(H,19,24)(H,22,23). The minimum Gasteiger partial charge on any atom is -0.481 e. The van der Waals surface area contributed by atoms with Crippen LogP contribution in [0.25, 0.3) is 5.69 Å². The first-order valence-corrected chi connectivity index (χ1v) is 7.98. The summed E-state index contributed by atoms with van der Waals surface area (Å²) in [7, 11) is 1.45. The van der Waals surface area contributed by atoms with Gasteiger partial charge in [0, 0.05) is 18.9 Å². The van der Waals surface area contributed by atoms with Crippen molar-refractivity contribution in [2.45, 2.75) is 25.8 Å². The molecule has 0 aliphatic rings. The van der Waals surface area contributed by atoms with Crippen molar-refractivity contribution in [2.24, 2.45) is 0 Å². The zero-order valence-electron chi connectivity index (χ0n) is 14.2. The molecule has 1 unspecified atom stereocenters. The van der Waals surface area contributed by atoms with E-state index in [2.05, 4.69) is 10.4 Å². The molecule has 1 atom stereocenters. The SMILES string of the molecule is COCC(C)(CC(=O)O)NC(=O)c1nn(-c2ccccc2Cl)cc1C. The number of benzene rings is 1. The molecule has 0 fully saturated rings. The van der Waals surface area contributed by atoms with E-state index >= 15 is 0 Å². The highest BCUT2D eigenvalue weighted by Gasteiger charge is 2.31. The van der Waals surface area contributed by atoms with Crippen molar-refractivity contribution in [1.82, 2.24) is 15.1 Å². The van der Waals surface area contributed by atoms with Crippen LogP contribution in [0, 0.1) is 6.92 Å². The molecule has 1 amide bonds. The predicted octanol–water partition coefficient (Wildman–Crippen LogP) is 2.44. The highest BCUT2D eigenvalue weighted by Crippen LogP contribution is 2.21. The van der Waals surface area contributed by atoms with Crippen LogP contribution in [0.3, 0.4) is 0 Å². The maximum Gasteiger partial charge on any atom is 0.305 e. The van der Waals surface area contributed by atoms with Crippen LogP contribution in [0.1, 0.15) is 29.4 Å². The highest BCUT2D eigenvalue weighted by atomic mass is 35.5. The van der Waals surface area contributed by atoms with Crippen LogP contribution < -0.4 is 5.32 Å². The molecule has 0 aliphatic heterocycles. The van der Waals surface area contributed by atoms with Gasteiger partial charge in [0.05, 0.1) is 29.3 Å². The van der Waals surface area contributed by atoms with Gasteiger partial charge in [0.1, 0.15) is 0 Å². The van der Waals surface area contributed by atoms with Gasteiger partial charge < -0.3 is 15.2 Å². The maximum atomic E-state index is 12.6. The number of ether oxygens (including phenoxy) is 1. The molecule has 2 aromatic rings. The Balaban J connectivity index is 2.28. The number of hydrogen-bond acceptors (Lipinski definition) is 4. The first kappa shape index (κ1) is 19.0. The molecule has 134 valence electrons. The van der Waals surface area contributed by atoms with Crippen molar-refractivity contribution >= 4 is 23.5 Å². The Morgan fingerprint density at radius 2 is 2.08 bits per heavy atom. The van der Waals surface area contributed by atoms with Gasteiger partial charge in [-0.3, -0.25) is 9.59 Å². The first-order valence-electron chi connectivity index (χ1n) is 7.60. The van der Waals surface area contributed by atoms with Crippen LogP contribution in [0.2, 0.25) is 5.02 Å². The number of carboxylic acid groups (broad SMARTS) is 1. The van der Waals surface area contributed by atoms with Crippen molar-refractivity contribution < 1.29 is 19.4 Å². The first-order chi connectivity index (χ1) is 11.8. The molecular weight excluding hydrogens is 346 g/mol. The summed E-state index contributed by atoms with van der Waals surface area (Å²) in [6, 6.07) is 7.14. The summed E-state index contributed by atoms with van der Waals surface area (Å²) in [5, 5.41) is 16.6. The number of hydrogen-bond donors (Lipinski definition) is 2. The zero-order valence-corrected chi connectivity index (χ0v) is 15.0. The maximum absolute atomic E-state index is 12.6. The topological polar surface area (TPSA) is 93.4 Å². The van der Waals surface area contributed by atoms with Gasteiger partial charge in [0.2, 0.25) is 0 Å². The van der Waals surface area contributed by atoms with Crippen molar-refractivity contribution in [2.75, 3.05) is 13.7 Å². The molecule has 1 aromatic carbocycles. The van der Waals surface area contributed by atoms with Gasteiger partial charge in [-0.1, -0.05) is 23.7 Å². The van der Waals surface area contributed by atoms with Crippen molar-refractivity contribution in [3.05, 3.63) is 46.7 Å². The second-order valence-electron chi connectivity index (χ2n) is 6.08. The molecular formula is C17H20ClN3O4. The van der Waals surface area contributed by atoms with Crippen LogP contribution in [0.5, 0.6) is 0 Å². The summed E-state index contributed by atoms with van der Waals surface area (Å²) < 4.78 is 6.57. The predicted molar refractivity (Wildman–Crippen MR) is 93.3 cm³/mol. The highest BCUT2D eigenvalue weighted by molar-refractivity contribution is 6.32. The molecule has 0 saturated carbocycles. The Labute approximate surface area is 150 Å². The van der Waals surface area contributed by atoms with Crippen LogP contribution in [-0.2, 0) is 9.53 Å². The summed E-state index contributed by atoms with van der Waals surface area (Å²) in [5.74, 6) is -1.50. The lowest BCUT2D eigenvalue weighted by molar-refractivity contribution is -0.139. The lowest BCUT2D eigenvalue weighted by Gasteiger charge is -2.28. The molecule has 0 aliphatic carbocycles. The fourth-order valence-electron chi connectivity index (χ4n) is 2.56. The molecule has 8 heteroatoms. The smallest absolute Gasteiger partial charge is 0.305 e. The third-order valence-corrected chi connectivity index (χ3v) is 3.95. The van der Waals surface area contributed by atoms with E-state index in [4.69, 9.17) is 21.4 Å². The molecule has 2 N–H and O–H groups in total. The number of nitrogens with zero attached hydrogens (tertiary/aromatic N) is 2. The van der Waals surface area contributed by atoms with Gasteiger partial charge in [0.15, 0.2) is 5.69 Å². The largest absolute Gasteiger partial charge is 0.481 e. The summed E-state index contributed by atoms with van der Waals surface area (Å²) in [4.78, 5) is 23.7. The minimum atomic E-state index is -1.04. The Morgan fingerprint density at radius 3 is 2.68 bits per heavy atom. The van der Waals surface area contributed by atoms with Gasteiger partial charge in [-0.25, -0.2) is 4.68 Å². The number of carbonyl (C=O) groups excluding carboxylic acids is 1. The number of halogens is 1. The van der Waals surface area contributed by atoms with Crippen molar-refractivity contribution in [3.63, 3.8) is 0 Å². The van der Waals surface area contributed by atoms with Gasteiger partial charge >= 0.3 is 5.97 Å². The van der Waals surface area contributed by atoms with Crippen LogP contribution in [-0.4, -0.2) is 46.0 Å². The number of nitrogens with one attached hydrogen (secondary N) is 1. The number of carbonyl (C=O) groups is 2. The number of carboxylic acids is 1. The van der Waals surface area contributed by atoms with Crippen molar-refractivity contribution in [3.8, 4) is 5.69 Å². The molecule has 0 bridgehead atoms. The fourth-order valence-corrected chi connectivity index (χ4v) is 2.78. The van der Waals surface area contributed by atoms with Gasteiger partial charge in [0.25, 0.3) is 5.91 Å². The lowest BCUT2D eigenvalue weighted by Crippen LogP contribution is -2.51. The van der Waals surface area contributed by atoms with E-state index in [9.17, 15) is 9.59 Å². The minimum absolute atomic E-state index is 0.0648. The molecule has 0 saturated heterocycles. The van der Waals surface area contributed by atoms with Gasteiger partial charge in [-0.15, -0.1) is 0 Å². The van der Waals surface area contributed by atoms with E-state index in [0.29, 0.717) is 16.3 Å². The van der Waals surface area contributed by atoms with Crippen LogP contribution in [0.4, 0.5) is 0 Å². The monoisotopic (exact) mass is 365 g/mol. The lowest BCUT2D eigenvalue weighted by atomic mass is 9.98. The van der Waals surface area contributed by atoms with Crippen LogP contribution >= 0.6 is 11.6 Å². The quantitative estimate of drug-likeness (QED) is 0.786. The molecule has 2 rings (SSSR count). The zero-order chi connectivity index (χ0) is 18.6. The summed E-state index contributed by atoms with van der Waals surface area (Å²) in [5.41, 5.74) is 0.454. The van der Waals surface area contributed by atoms with Gasteiger partial charge in [-0.2, -0.15) is 5.10 Å². The third kappa shape index (κ3) is 4.58. The summed E-state index contributed by atoms with van der Waals surface area (Å²) in [6.45, 7) is 3.43. The third-order valence-electron chi connectivity index (χ3n) is 3.63. The molecule has 0 radical (unpaired) electrons. The van der Waals surface area contributed by atoms with E-state index in [1.807, 2.05) is 6.07 Å². The number of rotatable bonds is 7. The van der Waals surface area contributed by atoms with Crippen LogP contribution in [0.15, 0.2) is 30.5 Å². The van der Waals surface area contributed by atoms with E-state index in [-0.39, 0.29) is 18.7 Å². The molecule has 0 spiro atoms. The van der Waals surface area contributed by atoms with E-state index in [1.54, 1.807) is 38.2 Å². The number of aliphatic carboxylic acids is 1. The Morgan fingerprint density at radius 1 is 1.40 bits per heavy atom. The Bertz CT molecular complexity index is 790. The van der Waals surface area contributed by atoms with E-state index < -0.39 is 17.4 Å². The van der Waals surface area contributed by atoms with Gasteiger partial charge in [-0.05, 0) is 26.0 Å². The van der Waals surface area contributed by atoms with E-state index in [0.717, 1.165) is 0 Å². The second-order valence-corrected chi connectivity index (χ2v) is 6.48.